The number of rotatable bonds is 1. The molecular weight excluding hydrogens is 230 g/mol. The van der Waals surface area contributed by atoms with Crippen LogP contribution in [-0.4, -0.2) is 0 Å². The van der Waals surface area contributed by atoms with Crippen LogP contribution < -0.4 is 4.57 Å². The molecule has 1 heterocycles. The molecule has 0 N–H and O–H groups in total. The van der Waals surface area contributed by atoms with Crippen LogP contribution in [-0.2, 0) is 0 Å². The minimum atomic E-state index is 0.759. The van der Waals surface area contributed by atoms with Crippen LogP contribution in [0.5, 0.6) is 0 Å². The van der Waals surface area contributed by atoms with Gasteiger partial charge in [0.05, 0.1) is 0 Å². The van der Waals surface area contributed by atoms with Crippen molar-refractivity contribution in [3.05, 3.63) is 71.9 Å². The van der Waals surface area contributed by atoms with Crippen molar-refractivity contribution in [2.24, 2.45) is 0 Å². The largest absolute Gasteiger partial charge is 0.218 e. The van der Waals surface area contributed by atoms with Crippen molar-refractivity contribution in [2.75, 3.05) is 0 Å². The van der Waals surface area contributed by atoms with Crippen molar-refractivity contribution in [3.8, 4) is 5.69 Å². The predicted octanol–water partition coefficient (Wildman–Crippen LogP) is 3.77. The van der Waals surface area contributed by atoms with Gasteiger partial charge < -0.3 is 0 Å². The Morgan fingerprint density at radius 1 is 0.765 bits per heavy atom. The molecule has 0 saturated carbocycles. The molecule has 0 fully saturated rings. The van der Waals surface area contributed by atoms with Gasteiger partial charge in [-0.3, -0.25) is 0 Å². The summed E-state index contributed by atoms with van der Waals surface area (Å²) in [7, 11) is 0. The highest BCUT2D eigenvalue weighted by molar-refractivity contribution is 6.30. The molecule has 1 aromatic heterocycles. The van der Waals surface area contributed by atoms with Gasteiger partial charge in [-0.1, -0.05) is 23.7 Å². The van der Waals surface area contributed by atoms with Gasteiger partial charge in [-0.25, -0.2) is 0 Å². The highest BCUT2D eigenvalue weighted by Crippen LogP contribution is 2.13. The van der Waals surface area contributed by atoms with Crippen molar-refractivity contribution in [3.63, 3.8) is 0 Å². The number of pyridine rings is 1. The molecule has 0 atom stereocenters. The van der Waals surface area contributed by atoms with Crippen molar-refractivity contribution < 1.29 is 4.57 Å². The lowest BCUT2D eigenvalue weighted by molar-refractivity contribution is -0.567. The van der Waals surface area contributed by atoms with E-state index < -0.39 is 0 Å². The molecule has 0 aliphatic rings. The number of fused-ring (bicyclic) bond motifs is 1. The monoisotopic (exact) mass is 240 g/mol. The molecular formula is C15H11ClN+. The zero-order chi connectivity index (χ0) is 11.7. The first-order chi connectivity index (χ1) is 8.34. The normalized spacial score (nSPS) is 10.6. The first-order valence-corrected chi connectivity index (χ1v) is 5.88. The zero-order valence-electron chi connectivity index (χ0n) is 9.18. The summed E-state index contributed by atoms with van der Waals surface area (Å²) >= 11 is 5.91. The zero-order valence-corrected chi connectivity index (χ0v) is 9.93. The van der Waals surface area contributed by atoms with Crippen molar-refractivity contribution in [1.82, 2.24) is 0 Å². The van der Waals surface area contributed by atoms with E-state index in [4.69, 9.17) is 11.6 Å². The van der Waals surface area contributed by atoms with Gasteiger partial charge in [0.1, 0.15) is 0 Å². The fraction of sp³-hybridized carbons (Fsp3) is 0. The van der Waals surface area contributed by atoms with Gasteiger partial charge >= 0.3 is 0 Å². The number of hydrogen-bond donors (Lipinski definition) is 0. The number of halogens is 1. The molecule has 2 aromatic carbocycles. The van der Waals surface area contributed by atoms with Crippen LogP contribution in [0.25, 0.3) is 16.6 Å². The fourth-order valence-electron chi connectivity index (χ4n) is 1.99. The second-order valence-electron chi connectivity index (χ2n) is 3.91. The summed E-state index contributed by atoms with van der Waals surface area (Å²) in [6.45, 7) is 0. The van der Waals surface area contributed by atoms with E-state index in [2.05, 4.69) is 47.2 Å². The van der Waals surface area contributed by atoms with E-state index in [1.165, 1.54) is 10.9 Å². The Labute approximate surface area is 105 Å². The Bertz CT molecular complexity index is 654. The van der Waals surface area contributed by atoms with E-state index in [0.717, 1.165) is 10.7 Å². The molecule has 0 unspecified atom stereocenters. The lowest BCUT2D eigenvalue weighted by Gasteiger charge is -2.00. The van der Waals surface area contributed by atoms with E-state index in [0.29, 0.717) is 0 Å². The molecule has 0 saturated heterocycles. The van der Waals surface area contributed by atoms with Gasteiger partial charge in [0.2, 0.25) is 11.2 Å². The molecule has 0 bridgehead atoms. The van der Waals surface area contributed by atoms with Crippen LogP contribution in [0.4, 0.5) is 0 Å². The maximum Gasteiger partial charge on any atom is 0.218 e. The van der Waals surface area contributed by atoms with Gasteiger partial charge in [-0.15, -0.1) is 0 Å². The standard InChI is InChI=1S/C15H11ClN/c16-13-7-9-14(10-8-13)17-11-3-5-12-4-1-2-6-15(12)17/h1-11H/q+1. The number of aromatic nitrogens is 1. The molecule has 3 aromatic rings. The second kappa shape index (κ2) is 4.19. The van der Waals surface area contributed by atoms with Crippen molar-refractivity contribution >= 4 is 22.5 Å². The first-order valence-electron chi connectivity index (χ1n) is 5.50. The number of hydrogen-bond acceptors (Lipinski definition) is 0. The minimum Gasteiger partial charge on any atom is -0.160 e. The Morgan fingerprint density at radius 2 is 1.47 bits per heavy atom. The SMILES string of the molecule is Clc1ccc(-[n+]2cccc3ccccc32)cc1. The smallest absolute Gasteiger partial charge is 0.160 e. The number of para-hydroxylation sites is 1. The summed E-state index contributed by atoms with van der Waals surface area (Å²) in [5, 5.41) is 1.99. The minimum absolute atomic E-state index is 0.759. The third kappa shape index (κ3) is 1.90. The predicted molar refractivity (Wildman–Crippen MR) is 70.5 cm³/mol. The van der Waals surface area contributed by atoms with Crippen LogP contribution in [0.15, 0.2) is 66.9 Å². The Kier molecular flexibility index (Phi) is 2.54. The van der Waals surface area contributed by atoms with Crippen molar-refractivity contribution in [1.29, 1.82) is 0 Å². The van der Waals surface area contributed by atoms with E-state index in [9.17, 15) is 0 Å². The third-order valence-electron chi connectivity index (χ3n) is 2.81. The van der Waals surface area contributed by atoms with Gasteiger partial charge in [0.15, 0.2) is 6.20 Å². The van der Waals surface area contributed by atoms with Crippen LogP contribution >= 0.6 is 11.6 Å². The summed E-state index contributed by atoms with van der Waals surface area (Å²) in [5.74, 6) is 0. The molecule has 0 aliphatic carbocycles. The molecule has 3 rings (SSSR count). The summed E-state index contributed by atoms with van der Waals surface area (Å²) in [6, 6.07) is 20.4. The summed E-state index contributed by atoms with van der Waals surface area (Å²) in [6.07, 6.45) is 2.06. The van der Waals surface area contributed by atoms with Crippen LogP contribution in [0.3, 0.4) is 0 Å². The molecule has 0 aliphatic heterocycles. The average molecular weight is 241 g/mol. The molecule has 17 heavy (non-hydrogen) atoms. The second-order valence-corrected chi connectivity index (χ2v) is 4.35. The average Bonchev–Trinajstić information content (AvgIpc) is 2.39. The van der Waals surface area contributed by atoms with Crippen LogP contribution in [0.2, 0.25) is 5.02 Å². The molecule has 1 nitrogen and oxygen atoms in total. The molecule has 0 spiro atoms. The van der Waals surface area contributed by atoms with E-state index in [1.807, 2.05) is 24.3 Å². The van der Waals surface area contributed by atoms with E-state index in [-0.39, 0.29) is 0 Å². The van der Waals surface area contributed by atoms with E-state index >= 15 is 0 Å². The van der Waals surface area contributed by atoms with Crippen LogP contribution in [0.1, 0.15) is 0 Å². The topological polar surface area (TPSA) is 3.88 Å². The van der Waals surface area contributed by atoms with Gasteiger partial charge in [-0.05, 0) is 24.3 Å². The molecule has 0 amide bonds. The van der Waals surface area contributed by atoms with Gasteiger partial charge in [-0.2, -0.15) is 4.57 Å². The fourth-order valence-corrected chi connectivity index (χ4v) is 2.11. The van der Waals surface area contributed by atoms with Gasteiger partial charge in [0, 0.05) is 34.7 Å². The number of nitrogens with zero attached hydrogens (tertiary/aromatic N) is 1. The first kappa shape index (κ1) is 10.3. The summed E-state index contributed by atoms with van der Waals surface area (Å²) < 4.78 is 2.16. The maximum absolute atomic E-state index is 5.91. The highest BCUT2D eigenvalue weighted by atomic mass is 35.5. The number of benzene rings is 2. The summed E-state index contributed by atoms with van der Waals surface area (Å²) in [5.41, 5.74) is 2.31. The van der Waals surface area contributed by atoms with Crippen LogP contribution in [0, 0.1) is 0 Å². The quantitative estimate of drug-likeness (QED) is 0.570. The Balaban J connectivity index is 2.27. The molecule has 2 heteroatoms. The molecule has 82 valence electrons. The lowest BCUT2D eigenvalue weighted by Crippen LogP contribution is -2.30. The Hall–Kier alpha value is -1.86. The third-order valence-corrected chi connectivity index (χ3v) is 3.06. The maximum atomic E-state index is 5.91. The summed E-state index contributed by atoms with van der Waals surface area (Å²) in [4.78, 5) is 0. The van der Waals surface area contributed by atoms with Gasteiger partial charge in [0.25, 0.3) is 0 Å². The molecule has 0 radical (unpaired) electrons. The highest BCUT2D eigenvalue weighted by Gasteiger charge is 2.10. The Morgan fingerprint density at radius 3 is 2.29 bits per heavy atom. The lowest BCUT2D eigenvalue weighted by atomic mass is 10.2. The van der Waals surface area contributed by atoms with E-state index in [1.54, 1.807) is 0 Å². The van der Waals surface area contributed by atoms with Crippen molar-refractivity contribution in [2.45, 2.75) is 0 Å².